The van der Waals surface area contributed by atoms with Crippen LogP contribution in [0.3, 0.4) is 0 Å². The molecular weight excluding hydrogens is 150 g/mol. The van der Waals surface area contributed by atoms with Crippen LogP contribution in [0.1, 0.15) is 0 Å². The number of carbonyl (C=O) groups is 1. The second-order valence-electron chi connectivity index (χ2n) is 1.51. The largest absolute Gasteiger partial charge is 0.464 e. The first-order valence-electron chi connectivity index (χ1n) is 2.75. The molecule has 0 rings (SSSR count). The molecule has 0 amide bonds. The third-order valence-corrected chi connectivity index (χ3v) is 1.38. The summed E-state index contributed by atoms with van der Waals surface area (Å²) < 4.78 is 4.47. The average Bonchev–Trinajstić information content (AvgIpc) is 1.99. The smallest absolute Gasteiger partial charge is 0.354 e. The maximum absolute atomic E-state index is 10.8. The lowest BCUT2D eigenvalue weighted by Crippen LogP contribution is -2.16. The Labute approximate surface area is 64.8 Å². The fourth-order valence-electron chi connectivity index (χ4n) is 0.437. The SMILES string of the molecule is CN/C(=C\SC)C(=O)OC. The molecule has 0 saturated heterocycles. The molecule has 0 aromatic carbocycles. The lowest BCUT2D eigenvalue weighted by Gasteiger charge is -2.01. The number of hydrogen-bond donors (Lipinski definition) is 1. The lowest BCUT2D eigenvalue weighted by atomic mass is 10.5. The summed E-state index contributed by atoms with van der Waals surface area (Å²) in [6.07, 6.45) is 1.88. The van der Waals surface area contributed by atoms with Crippen LogP contribution in [0.5, 0.6) is 0 Å². The molecular formula is C6H11NO2S. The minimum absolute atomic E-state index is 0.336. The van der Waals surface area contributed by atoms with Gasteiger partial charge in [0.1, 0.15) is 5.70 Å². The zero-order valence-corrected chi connectivity index (χ0v) is 7.12. The first kappa shape index (κ1) is 9.36. The van der Waals surface area contributed by atoms with Crippen molar-refractivity contribution in [3.05, 3.63) is 11.1 Å². The highest BCUT2D eigenvalue weighted by molar-refractivity contribution is 8.01. The van der Waals surface area contributed by atoms with Gasteiger partial charge >= 0.3 is 5.97 Å². The van der Waals surface area contributed by atoms with Crippen molar-refractivity contribution >= 4 is 17.7 Å². The fraction of sp³-hybridized carbons (Fsp3) is 0.500. The van der Waals surface area contributed by atoms with E-state index in [1.165, 1.54) is 18.9 Å². The summed E-state index contributed by atoms with van der Waals surface area (Å²) in [6.45, 7) is 0. The predicted molar refractivity (Wildman–Crippen MR) is 42.7 cm³/mol. The summed E-state index contributed by atoms with van der Waals surface area (Å²) in [4.78, 5) is 10.8. The Kier molecular flexibility index (Phi) is 4.84. The summed E-state index contributed by atoms with van der Waals surface area (Å²) in [5, 5.41) is 4.42. The molecule has 0 bridgehead atoms. The van der Waals surface area contributed by atoms with Crippen LogP contribution in [0.25, 0.3) is 0 Å². The standard InChI is InChI=1S/C6H11NO2S/c1-7-5(4-10-3)6(8)9-2/h4,7H,1-3H3/b5-4-. The van der Waals surface area contributed by atoms with E-state index in [1.807, 2.05) is 6.26 Å². The zero-order valence-electron chi connectivity index (χ0n) is 6.30. The van der Waals surface area contributed by atoms with E-state index in [1.54, 1.807) is 12.5 Å². The molecule has 0 saturated carbocycles. The summed E-state index contributed by atoms with van der Waals surface area (Å²) in [6, 6.07) is 0. The van der Waals surface area contributed by atoms with Gasteiger partial charge in [-0.3, -0.25) is 0 Å². The Balaban J connectivity index is 4.06. The highest BCUT2D eigenvalue weighted by Gasteiger charge is 2.04. The molecule has 1 N–H and O–H groups in total. The normalized spacial score (nSPS) is 10.9. The van der Waals surface area contributed by atoms with Crippen LogP contribution in [-0.2, 0) is 9.53 Å². The first-order chi connectivity index (χ1) is 4.76. The van der Waals surface area contributed by atoms with Crippen molar-refractivity contribution in [1.82, 2.24) is 5.32 Å². The molecule has 0 aliphatic carbocycles. The van der Waals surface area contributed by atoms with E-state index in [4.69, 9.17) is 0 Å². The molecule has 58 valence electrons. The maximum Gasteiger partial charge on any atom is 0.354 e. The third-order valence-electron chi connectivity index (χ3n) is 0.910. The molecule has 0 heterocycles. The van der Waals surface area contributed by atoms with Gasteiger partial charge < -0.3 is 10.1 Å². The number of ether oxygens (including phenoxy) is 1. The summed E-state index contributed by atoms with van der Waals surface area (Å²) in [7, 11) is 3.03. The summed E-state index contributed by atoms with van der Waals surface area (Å²) in [5.41, 5.74) is 0.481. The van der Waals surface area contributed by atoms with Crippen molar-refractivity contribution in [3.63, 3.8) is 0 Å². The number of likely N-dealkylation sites (N-methyl/N-ethyl adjacent to an activating group) is 1. The van der Waals surface area contributed by atoms with E-state index >= 15 is 0 Å². The number of thioether (sulfide) groups is 1. The van der Waals surface area contributed by atoms with Crippen LogP contribution < -0.4 is 5.32 Å². The van der Waals surface area contributed by atoms with E-state index in [9.17, 15) is 4.79 Å². The molecule has 0 unspecified atom stereocenters. The van der Waals surface area contributed by atoms with Gasteiger partial charge in [0.25, 0.3) is 0 Å². The first-order valence-corrected chi connectivity index (χ1v) is 4.04. The van der Waals surface area contributed by atoms with Gasteiger partial charge in [0.2, 0.25) is 0 Å². The van der Waals surface area contributed by atoms with Crippen LogP contribution in [-0.4, -0.2) is 26.4 Å². The topological polar surface area (TPSA) is 38.3 Å². The molecule has 3 nitrogen and oxygen atoms in total. The minimum atomic E-state index is -0.336. The van der Waals surface area contributed by atoms with Crippen molar-refractivity contribution < 1.29 is 9.53 Å². The molecule has 0 atom stereocenters. The van der Waals surface area contributed by atoms with E-state index in [0.29, 0.717) is 5.70 Å². The van der Waals surface area contributed by atoms with Crippen molar-refractivity contribution in [3.8, 4) is 0 Å². The van der Waals surface area contributed by atoms with Crippen molar-refractivity contribution in [2.75, 3.05) is 20.4 Å². The predicted octanol–water partition coefficient (Wildman–Crippen LogP) is 0.583. The van der Waals surface area contributed by atoms with Crippen LogP contribution in [0, 0.1) is 0 Å². The molecule has 4 heteroatoms. The highest BCUT2D eigenvalue weighted by atomic mass is 32.2. The maximum atomic E-state index is 10.8. The third kappa shape index (κ3) is 2.77. The van der Waals surface area contributed by atoms with Gasteiger partial charge in [0.15, 0.2) is 0 Å². The van der Waals surface area contributed by atoms with Gasteiger partial charge in [0.05, 0.1) is 7.11 Å². The molecule has 10 heavy (non-hydrogen) atoms. The number of rotatable bonds is 3. The van der Waals surface area contributed by atoms with Gasteiger partial charge in [-0.1, -0.05) is 0 Å². The Morgan fingerprint density at radius 1 is 1.70 bits per heavy atom. The molecule has 0 spiro atoms. The molecule has 0 aromatic heterocycles. The van der Waals surface area contributed by atoms with Gasteiger partial charge in [-0.25, -0.2) is 4.79 Å². The van der Waals surface area contributed by atoms with E-state index in [-0.39, 0.29) is 5.97 Å². The monoisotopic (exact) mass is 161 g/mol. The van der Waals surface area contributed by atoms with E-state index in [2.05, 4.69) is 10.1 Å². The Bertz CT molecular complexity index is 145. The van der Waals surface area contributed by atoms with Crippen molar-refractivity contribution in [1.29, 1.82) is 0 Å². The number of nitrogens with one attached hydrogen (secondary N) is 1. The van der Waals surface area contributed by atoms with E-state index in [0.717, 1.165) is 0 Å². The lowest BCUT2D eigenvalue weighted by molar-refractivity contribution is -0.136. The molecule has 0 aliphatic rings. The van der Waals surface area contributed by atoms with E-state index < -0.39 is 0 Å². The van der Waals surface area contributed by atoms with Crippen LogP contribution >= 0.6 is 11.8 Å². The molecule has 0 aliphatic heterocycles. The average molecular weight is 161 g/mol. The Morgan fingerprint density at radius 3 is 2.60 bits per heavy atom. The van der Waals surface area contributed by atoms with Gasteiger partial charge in [-0.05, 0) is 6.26 Å². The number of methoxy groups -OCH3 is 1. The Hall–Kier alpha value is -0.640. The van der Waals surface area contributed by atoms with Crippen LogP contribution in [0.15, 0.2) is 11.1 Å². The molecule has 0 aromatic rings. The highest BCUT2D eigenvalue weighted by Crippen LogP contribution is 2.00. The number of esters is 1. The van der Waals surface area contributed by atoms with Crippen molar-refractivity contribution in [2.24, 2.45) is 0 Å². The quantitative estimate of drug-likeness (QED) is 0.485. The number of carbonyl (C=O) groups excluding carboxylic acids is 1. The zero-order chi connectivity index (χ0) is 7.98. The van der Waals surface area contributed by atoms with Gasteiger partial charge in [-0.2, -0.15) is 0 Å². The van der Waals surface area contributed by atoms with Gasteiger partial charge in [-0.15, -0.1) is 11.8 Å². The van der Waals surface area contributed by atoms with Crippen LogP contribution in [0.4, 0.5) is 0 Å². The molecule has 0 fully saturated rings. The molecule has 0 radical (unpaired) electrons. The summed E-state index contributed by atoms with van der Waals surface area (Å²) >= 11 is 1.45. The summed E-state index contributed by atoms with van der Waals surface area (Å²) in [5.74, 6) is -0.336. The minimum Gasteiger partial charge on any atom is -0.464 e. The fourth-order valence-corrected chi connectivity index (χ4v) is 0.887. The number of hydrogen-bond acceptors (Lipinski definition) is 4. The second kappa shape index (κ2) is 5.17. The van der Waals surface area contributed by atoms with Crippen LogP contribution in [0.2, 0.25) is 0 Å². The van der Waals surface area contributed by atoms with Crippen molar-refractivity contribution in [2.45, 2.75) is 0 Å². The van der Waals surface area contributed by atoms with Gasteiger partial charge in [0, 0.05) is 12.5 Å². The Morgan fingerprint density at radius 2 is 2.30 bits per heavy atom. The second-order valence-corrected chi connectivity index (χ2v) is 2.22.